The summed E-state index contributed by atoms with van der Waals surface area (Å²) in [7, 11) is 1.92. The van der Waals surface area contributed by atoms with Crippen molar-refractivity contribution in [3.63, 3.8) is 0 Å². The Morgan fingerprint density at radius 1 is 0.862 bits per heavy atom. The van der Waals surface area contributed by atoms with E-state index < -0.39 is 0 Å². The fraction of sp³-hybridized carbons (Fsp3) is 0.333. The third kappa shape index (κ3) is 4.10. The average Bonchev–Trinajstić information content (AvgIpc) is 3.07. The van der Waals surface area contributed by atoms with E-state index in [1.165, 1.54) is 17.5 Å². The predicted molar refractivity (Wildman–Crippen MR) is 116 cm³/mol. The van der Waals surface area contributed by atoms with Gasteiger partial charge in [0, 0.05) is 31.3 Å². The van der Waals surface area contributed by atoms with E-state index in [9.17, 15) is 4.79 Å². The van der Waals surface area contributed by atoms with Crippen LogP contribution in [-0.2, 0) is 7.05 Å². The summed E-state index contributed by atoms with van der Waals surface area (Å²) in [6, 6.07) is 16.7. The first kappa shape index (κ1) is 19.4. The number of hydrogen-bond donors (Lipinski definition) is 1. The monoisotopic (exact) mass is 388 g/mol. The number of carbonyl (C=O) groups is 1. The number of carbonyl (C=O) groups excluding carboxylic acids is 1. The highest BCUT2D eigenvalue weighted by Crippen LogP contribution is 2.32. The number of nitrogens with zero attached hydrogens (tertiary/aromatic N) is 3. The third-order valence-electron chi connectivity index (χ3n) is 5.56. The summed E-state index contributed by atoms with van der Waals surface area (Å²) in [6.07, 6.45) is 3.46. The molecule has 0 aliphatic carbocycles. The zero-order valence-corrected chi connectivity index (χ0v) is 17.4. The molecular formula is C24H28N4O. The number of hydrazine groups is 1. The lowest BCUT2D eigenvalue weighted by Gasteiger charge is -2.26. The third-order valence-corrected chi connectivity index (χ3v) is 5.56. The number of rotatable bonds is 4. The van der Waals surface area contributed by atoms with Crippen molar-refractivity contribution in [2.45, 2.75) is 33.1 Å². The summed E-state index contributed by atoms with van der Waals surface area (Å²) < 4.78 is 1.92. The van der Waals surface area contributed by atoms with Gasteiger partial charge >= 0.3 is 5.91 Å². The van der Waals surface area contributed by atoms with E-state index in [1.807, 2.05) is 16.6 Å². The molecular weight excluding hydrogens is 360 g/mol. The van der Waals surface area contributed by atoms with E-state index in [0.717, 1.165) is 48.4 Å². The number of amides is 1. The Bertz CT molecular complexity index is 997. The Kier molecular flexibility index (Phi) is 5.49. The molecule has 1 amide bonds. The van der Waals surface area contributed by atoms with E-state index >= 15 is 0 Å². The Hall–Kier alpha value is -2.92. The number of aromatic nitrogens is 2. The number of imidazole rings is 1. The van der Waals surface area contributed by atoms with Crippen LogP contribution in [0.1, 0.15) is 41.0 Å². The molecule has 5 nitrogen and oxygen atoms in total. The van der Waals surface area contributed by atoms with Crippen LogP contribution < -0.4 is 5.43 Å². The number of nitrogens with one attached hydrogen (secondary N) is 1. The summed E-state index contributed by atoms with van der Waals surface area (Å²) in [5.41, 5.74) is 9.31. The maximum absolute atomic E-state index is 13.0. The van der Waals surface area contributed by atoms with Gasteiger partial charge in [0.1, 0.15) is 0 Å². The van der Waals surface area contributed by atoms with Crippen molar-refractivity contribution in [3.05, 3.63) is 65.5 Å². The molecule has 1 fully saturated rings. The topological polar surface area (TPSA) is 50.2 Å². The SMILES string of the molecule is Cc1ccc(-c2nc(C(=O)NN3CCCCC3)n(C)c2-c2ccc(C)cc2)cc1. The van der Waals surface area contributed by atoms with Gasteiger partial charge in [-0.05, 0) is 26.7 Å². The van der Waals surface area contributed by atoms with Crippen molar-refractivity contribution >= 4 is 5.91 Å². The Morgan fingerprint density at radius 2 is 1.41 bits per heavy atom. The smallest absolute Gasteiger partial charge is 0.301 e. The van der Waals surface area contributed by atoms with Crippen molar-refractivity contribution in [2.24, 2.45) is 7.05 Å². The molecule has 1 aliphatic rings. The molecule has 0 saturated carbocycles. The number of hydrogen-bond acceptors (Lipinski definition) is 3. The standard InChI is InChI=1S/C24H28N4O/c1-17-7-11-19(12-8-17)21-22(20-13-9-18(2)10-14-20)27(3)23(25-21)24(29)26-28-15-5-4-6-16-28/h7-14H,4-6,15-16H2,1-3H3,(H,26,29). The molecule has 1 saturated heterocycles. The van der Waals surface area contributed by atoms with E-state index in [2.05, 4.69) is 67.8 Å². The quantitative estimate of drug-likeness (QED) is 0.716. The molecule has 4 rings (SSSR count). The van der Waals surface area contributed by atoms with E-state index in [0.29, 0.717) is 5.82 Å². The lowest BCUT2D eigenvalue weighted by Crippen LogP contribution is -2.45. The first-order valence-electron chi connectivity index (χ1n) is 10.3. The fourth-order valence-corrected chi connectivity index (χ4v) is 3.86. The van der Waals surface area contributed by atoms with Crippen molar-refractivity contribution < 1.29 is 4.79 Å². The number of benzene rings is 2. The summed E-state index contributed by atoms with van der Waals surface area (Å²) in [5, 5.41) is 2.01. The molecule has 0 bridgehead atoms. The number of aryl methyl sites for hydroxylation is 2. The molecule has 0 unspecified atom stereocenters. The van der Waals surface area contributed by atoms with Gasteiger partial charge in [0.2, 0.25) is 5.82 Å². The maximum atomic E-state index is 13.0. The van der Waals surface area contributed by atoms with Gasteiger partial charge in [0.15, 0.2) is 0 Å². The van der Waals surface area contributed by atoms with Crippen LogP contribution in [-0.4, -0.2) is 33.6 Å². The van der Waals surface area contributed by atoms with Crippen LogP contribution in [0.15, 0.2) is 48.5 Å². The van der Waals surface area contributed by atoms with Gasteiger partial charge < -0.3 is 4.57 Å². The zero-order valence-electron chi connectivity index (χ0n) is 17.4. The van der Waals surface area contributed by atoms with E-state index in [1.54, 1.807) is 0 Å². The zero-order chi connectivity index (χ0) is 20.4. The normalized spacial score (nSPS) is 14.7. The van der Waals surface area contributed by atoms with Gasteiger partial charge in [-0.15, -0.1) is 0 Å². The van der Waals surface area contributed by atoms with Crippen molar-refractivity contribution in [1.82, 2.24) is 20.0 Å². The second kappa shape index (κ2) is 8.21. The predicted octanol–water partition coefficient (Wildman–Crippen LogP) is 4.50. The Labute approximate surface area is 172 Å². The summed E-state index contributed by atoms with van der Waals surface area (Å²) >= 11 is 0. The molecule has 1 aliphatic heterocycles. The summed E-state index contributed by atoms with van der Waals surface area (Å²) in [4.78, 5) is 17.8. The lowest BCUT2D eigenvalue weighted by molar-refractivity contribution is 0.0736. The molecule has 1 aromatic heterocycles. The average molecular weight is 389 g/mol. The molecule has 0 radical (unpaired) electrons. The Balaban J connectivity index is 1.76. The highest BCUT2D eigenvalue weighted by Gasteiger charge is 2.24. The molecule has 0 atom stereocenters. The minimum Gasteiger partial charge on any atom is -0.322 e. The summed E-state index contributed by atoms with van der Waals surface area (Å²) in [6.45, 7) is 5.93. The second-order valence-corrected chi connectivity index (χ2v) is 7.91. The van der Waals surface area contributed by atoms with Gasteiger partial charge in [0.05, 0.1) is 11.4 Å². The Morgan fingerprint density at radius 3 is 2.00 bits per heavy atom. The van der Waals surface area contributed by atoms with Gasteiger partial charge in [-0.1, -0.05) is 66.1 Å². The molecule has 29 heavy (non-hydrogen) atoms. The van der Waals surface area contributed by atoms with Crippen molar-refractivity contribution in [2.75, 3.05) is 13.1 Å². The maximum Gasteiger partial charge on any atom is 0.301 e. The molecule has 2 aromatic carbocycles. The molecule has 150 valence electrons. The number of piperidine rings is 1. The van der Waals surface area contributed by atoms with Crippen LogP contribution >= 0.6 is 0 Å². The molecule has 0 spiro atoms. The minimum atomic E-state index is -0.152. The molecule has 2 heterocycles. The molecule has 1 N–H and O–H groups in total. The first-order valence-corrected chi connectivity index (χ1v) is 10.3. The molecule has 5 heteroatoms. The van der Waals surface area contributed by atoms with Crippen LogP contribution in [0.2, 0.25) is 0 Å². The van der Waals surface area contributed by atoms with E-state index in [-0.39, 0.29) is 5.91 Å². The van der Waals surface area contributed by atoms with Crippen LogP contribution in [0.4, 0.5) is 0 Å². The van der Waals surface area contributed by atoms with Crippen LogP contribution in [0.3, 0.4) is 0 Å². The van der Waals surface area contributed by atoms with Gasteiger partial charge in [-0.25, -0.2) is 9.99 Å². The van der Waals surface area contributed by atoms with E-state index in [4.69, 9.17) is 4.98 Å². The van der Waals surface area contributed by atoms with Crippen LogP contribution in [0, 0.1) is 13.8 Å². The van der Waals surface area contributed by atoms with Crippen molar-refractivity contribution in [3.8, 4) is 22.5 Å². The first-order chi connectivity index (χ1) is 14.0. The van der Waals surface area contributed by atoms with Crippen LogP contribution in [0.5, 0.6) is 0 Å². The van der Waals surface area contributed by atoms with Gasteiger partial charge in [-0.3, -0.25) is 10.2 Å². The highest BCUT2D eigenvalue weighted by molar-refractivity contribution is 5.94. The lowest BCUT2D eigenvalue weighted by atomic mass is 10.0. The minimum absolute atomic E-state index is 0.152. The summed E-state index contributed by atoms with van der Waals surface area (Å²) in [5.74, 6) is 0.280. The van der Waals surface area contributed by atoms with Gasteiger partial charge in [0.25, 0.3) is 0 Å². The second-order valence-electron chi connectivity index (χ2n) is 7.91. The van der Waals surface area contributed by atoms with Crippen molar-refractivity contribution in [1.29, 1.82) is 0 Å². The largest absolute Gasteiger partial charge is 0.322 e. The highest BCUT2D eigenvalue weighted by atomic mass is 16.2. The van der Waals surface area contributed by atoms with Crippen LogP contribution in [0.25, 0.3) is 22.5 Å². The molecule has 3 aromatic rings. The fourth-order valence-electron chi connectivity index (χ4n) is 3.86. The van der Waals surface area contributed by atoms with Gasteiger partial charge in [-0.2, -0.15) is 0 Å².